The maximum Gasteiger partial charge on any atom is 0.274 e. The Morgan fingerprint density at radius 1 is 1.17 bits per heavy atom. The number of pyridine rings is 1. The highest BCUT2D eigenvalue weighted by Gasteiger charge is 2.39. The first kappa shape index (κ1) is 14.7. The van der Waals surface area contributed by atoms with Crippen molar-refractivity contribution in [1.29, 1.82) is 0 Å². The van der Waals surface area contributed by atoms with E-state index in [-0.39, 0.29) is 5.91 Å². The summed E-state index contributed by atoms with van der Waals surface area (Å²) in [6.45, 7) is 4.05. The molecule has 4 heterocycles. The summed E-state index contributed by atoms with van der Waals surface area (Å²) in [5, 5.41) is 0. The molecule has 4 rings (SSSR count). The molecule has 0 saturated carbocycles. The van der Waals surface area contributed by atoms with E-state index in [4.69, 9.17) is 0 Å². The normalized spacial score (nSPS) is 25.6. The van der Waals surface area contributed by atoms with Crippen LogP contribution in [0.25, 0.3) is 5.65 Å². The second-order valence-electron chi connectivity index (χ2n) is 6.92. The third-order valence-electron chi connectivity index (χ3n) is 5.50. The van der Waals surface area contributed by atoms with Crippen molar-refractivity contribution in [1.82, 2.24) is 19.2 Å². The topological polar surface area (TPSA) is 40.9 Å². The fourth-order valence-electron chi connectivity index (χ4n) is 4.27. The molecule has 0 aromatic carbocycles. The van der Waals surface area contributed by atoms with Crippen LogP contribution in [0.4, 0.5) is 0 Å². The Labute approximate surface area is 136 Å². The Balaban J connectivity index is 1.63. The second-order valence-corrected chi connectivity index (χ2v) is 6.92. The smallest absolute Gasteiger partial charge is 0.274 e. The van der Waals surface area contributed by atoms with Crippen LogP contribution in [-0.2, 0) is 0 Å². The van der Waals surface area contributed by atoms with Crippen molar-refractivity contribution in [3.05, 3.63) is 35.8 Å². The van der Waals surface area contributed by atoms with Crippen LogP contribution in [0.3, 0.4) is 0 Å². The van der Waals surface area contributed by atoms with Crippen molar-refractivity contribution >= 4 is 11.6 Å². The van der Waals surface area contributed by atoms with Crippen LogP contribution in [0.5, 0.6) is 0 Å². The van der Waals surface area contributed by atoms with Crippen molar-refractivity contribution < 1.29 is 4.79 Å². The van der Waals surface area contributed by atoms with Gasteiger partial charge in [0.15, 0.2) is 0 Å². The SMILES string of the molecule is Cc1cccc2nc(C(=O)N3CCCC3C3CCCN3C)cn12. The fraction of sp³-hybridized carbons (Fsp3) is 0.556. The molecule has 2 aliphatic heterocycles. The van der Waals surface area contributed by atoms with E-state index >= 15 is 0 Å². The van der Waals surface area contributed by atoms with E-state index in [1.807, 2.05) is 35.7 Å². The summed E-state index contributed by atoms with van der Waals surface area (Å²) in [6.07, 6.45) is 6.56. The number of hydrogen-bond acceptors (Lipinski definition) is 3. The van der Waals surface area contributed by atoms with Gasteiger partial charge in [-0.25, -0.2) is 4.98 Å². The zero-order valence-electron chi connectivity index (χ0n) is 13.9. The summed E-state index contributed by atoms with van der Waals surface area (Å²) in [6, 6.07) is 6.84. The fourth-order valence-corrected chi connectivity index (χ4v) is 4.27. The molecule has 0 spiro atoms. The average molecular weight is 312 g/mol. The maximum atomic E-state index is 13.0. The molecule has 2 aliphatic rings. The molecule has 2 unspecified atom stereocenters. The maximum absolute atomic E-state index is 13.0. The number of hydrogen-bond donors (Lipinski definition) is 0. The van der Waals surface area contributed by atoms with Gasteiger partial charge < -0.3 is 14.2 Å². The summed E-state index contributed by atoms with van der Waals surface area (Å²) >= 11 is 0. The quantitative estimate of drug-likeness (QED) is 0.854. The van der Waals surface area contributed by atoms with Gasteiger partial charge in [0, 0.05) is 30.5 Å². The number of fused-ring (bicyclic) bond motifs is 1. The molecule has 2 aromatic rings. The number of aryl methyl sites for hydroxylation is 1. The van der Waals surface area contributed by atoms with Gasteiger partial charge in [-0.1, -0.05) is 6.07 Å². The zero-order chi connectivity index (χ0) is 16.0. The van der Waals surface area contributed by atoms with Gasteiger partial charge in [0.05, 0.1) is 0 Å². The van der Waals surface area contributed by atoms with Gasteiger partial charge in [-0.3, -0.25) is 4.79 Å². The molecule has 5 nitrogen and oxygen atoms in total. The number of rotatable bonds is 2. The molecule has 1 amide bonds. The Morgan fingerprint density at radius 3 is 2.70 bits per heavy atom. The summed E-state index contributed by atoms with van der Waals surface area (Å²) < 4.78 is 2.00. The lowest BCUT2D eigenvalue weighted by Gasteiger charge is -2.32. The highest BCUT2D eigenvalue weighted by atomic mass is 16.2. The third kappa shape index (κ3) is 2.43. The zero-order valence-corrected chi connectivity index (χ0v) is 13.9. The number of likely N-dealkylation sites (N-methyl/N-ethyl adjacent to an activating group) is 1. The van der Waals surface area contributed by atoms with Gasteiger partial charge in [-0.15, -0.1) is 0 Å². The van der Waals surface area contributed by atoms with Crippen LogP contribution >= 0.6 is 0 Å². The van der Waals surface area contributed by atoms with Crippen molar-refractivity contribution in [3.8, 4) is 0 Å². The summed E-state index contributed by atoms with van der Waals surface area (Å²) in [7, 11) is 2.19. The molecule has 5 heteroatoms. The van der Waals surface area contributed by atoms with E-state index in [1.165, 1.54) is 12.8 Å². The molecule has 122 valence electrons. The molecule has 2 fully saturated rings. The van der Waals surface area contributed by atoms with E-state index in [0.717, 1.165) is 37.3 Å². The number of imidazole rings is 1. The summed E-state index contributed by atoms with van der Waals surface area (Å²) in [5.41, 5.74) is 2.52. The highest BCUT2D eigenvalue weighted by molar-refractivity contribution is 5.93. The van der Waals surface area contributed by atoms with E-state index in [1.54, 1.807) is 0 Å². The molecule has 2 aromatic heterocycles. The molecule has 2 atom stereocenters. The molecule has 0 radical (unpaired) electrons. The molecular formula is C18H24N4O. The summed E-state index contributed by atoms with van der Waals surface area (Å²) in [5.74, 6) is 0.0934. The predicted octanol–water partition coefficient (Wildman–Crippen LogP) is 2.34. The minimum atomic E-state index is 0.0934. The minimum absolute atomic E-state index is 0.0934. The van der Waals surface area contributed by atoms with Crippen LogP contribution in [0, 0.1) is 6.92 Å². The number of carbonyl (C=O) groups is 1. The second kappa shape index (κ2) is 5.64. The van der Waals surface area contributed by atoms with E-state index in [0.29, 0.717) is 17.8 Å². The molecule has 0 N–H and O–H groups in total. The predicted molar refractivity (Wildman–Crippen MR) is 89.6 cm³/mol. The largest absolute Gasteiger partial charge is 0.333 e. The molecular weight excluding hydrogens is 288 g/mol. The first-order chi connectivity index (χ1) is 11.1. The average Bonchev–Trinajstić information content (AvgIpc) is 3.24. The molecule has 0 aliphatic carbocycles. The number of nitrogens with zero attached hydrogens (tertiary/aromatic N) is 4. The van der Waals surface area contributed by atoms with Gasteiger partial charge in [-0.05, 0) is 58.3 Å². The Morgan fingerprint density at radius 2 is 1.96 bits per heavy atom. The van der Waals surface area contributed by atoms with Crippen molar-refractivity contribution in [3.63, 3.8) is 0 Å². The van der Waals surface area contributed by atoms with Crippen LogP contribution in [0.1, 0.15) is 41.9 Å². The van der Waals surface area contributed by atoms with Crippen molar-refractivity contribution in [2.45, 2.75) is 44.7 Å². The van der Waals surface area contributed by atoms with Crippen LogP contribution in [0.15, 0.2) is 24.4 Å². The lowest BCUT2D eigenvalue weighted by molar-refractivity contribution is 0.0659. The number of aromatic nitrogens is 2. The summed E-state index contributed by atoms with van der Waals surface area (Å²) in [4.78, 5) is 22.1. The molecule has 23 heavy (non-hydrogen) atoms. The Bertz CT molecular complexity index is 738. The van der Waals surface area contributed by atoms with Crippen molar-refractivity contribution in [2.75, 3.05) is 20.1 Å². The lowest BCUT2D eigenvalue weighted by atomic mass is 10.0. The minimum Gasteiger partial charge on any atom is -0.333 e. The Hall–Kier alpha value is -1.88. The monoisotopic (exact) mass is 312 g/mol. The first-order valence-corrected chi connectivity index (χ1v) is 8.61. The van der Waals surface area contributed by atoms with E-state index < -0.39 is 0 Å². The first-order valence-electron chi connectivity index (χ1n) is 8.61. The number of carbonyl (C=O) groups excluding carboxylic acids is 1. The molecule has 0 bridgehead atoms. The Kier molecular flexibility index (Phi) is 3.60. The van der Waals surface area contributed by atoms with Gasteiger partial charge >= 0.3 is 0 Å². The number of amides is 1. The van der Waals surface area contributed by atoms with Gasteiger partial charge in [-0.2, -0.15) is 0 Å². The number of likely N-dealkylation sites (tertiary alicyclic amines) is 2. The molecule has 2 saturated heterocycles. The lowest BCUT2D eigenvalue weighted by Crippen LogP contribution is -2.47. The van der Waals surface area contributed by atoms with Gasteiger partial charge in [0.2, 0.25) is 0 Å². The van der Waals surface area contributed by atoms with Crippen molar-refractivity contribution in [2.24, 2.45) is 0 Å². The third-order valence-corrected chi connectivity index (χ3v) is 5.50. The van der Waals surface area contributed by atoms with Crippen LogP contribution < -0.4 is 0 Å². The van der Waals surface area contributed by atoms with Gasteiger partial charge in [0.25, 0.3) is 5.91 Å². The highest BCUT2D eigenvalue weighted by Crippen LogP contribution is 2.30. The van der Waals surface area contributed by atoms with E-state index in [2.05, 4.69) is 21.8 Å². The van der Waals surface area contributed by atoms with Crippen LogP contribution in [-0.4, -0.2) is 57.3 Å². The van der Waals surface area contributed by atoms with Crippen LogP contribution in [0.2, 0.25) is 0 Å². The van der Waals surface area contributed by atoms with E-state index in [9.17, 15) is 4.79 Å². The standard InChI is InChI=1S/C18H24N4O/c1-13-6-3-9-17-19-14(12-22(13)17)18(23)21-11-5-8-16(21)15-7-4-10-20(15)2/h3,6,9,12,15-16H,4-5,7-8,10-11H2,1-2H3. The van der Waals surface area contributed by atoms with Gasteiger partial charge in [0.1, 0.15) is 11.3 Å².